The number of aliphatic imine (C=N–C) groups is 1. The van der Waals surface area contributed by atoms with Crippen molar-refractivity contribution in [3.05, 3.63) is 29.8 Å². The number of carboxylic acid groups (broad SMARTS) is 1. The van der Waals surface area contributed by atoms with Crippen LogP contribution in [0.1, 0.15) is 112 Å². The molecule has 63 heavy (non-hydrogen) atoms. The number of benzene rings is 1. The quantitative estimate of drug-likeness (QED) is 0.0355. The Morgan fingerprint density at radius 3 is 1.97 bits per heavy atom. The second kappa shape index (κ2) is 26.2. The number of amides is 6. The van der Waals surface area contributed by atoms with Crippen molar-refractivity contribution in [1.82, 2.24) is 36.8 Å². The van der Waals surface area contributed by atoms with E-state index in [0.717, 1.165) is 13.0 Å². The molecule has 1 aromatic carbocycles. The predicted molar refractivity (Wildman–Crippen MR) is 240 cm³/mol. The summed E-state index contributed by atoms with van der Waals surface area (Å²) < 4.78 is 0. The minimum atomic E-state index is -1.27. The van der Waals surface area contributed by atoms with E-state index in [1.807, 2.05) is 34.7 Å². The lowest BCUT2D eigenvalue weighted by molar-refractivity contribution is -0.143. The Morgan fingerprint density at radius 1 is 0.794 bits per heavy atom. The van der Waals surface area contributed by atoms with Crippen molar-refractivity contribution in [2.24, 2.45) is 33.7 Å². The van der Waals surface area contributed by atoms with E-state index in [2.05, 4.69) is 36.9 Å². The number of carbonyl (C=O) groups excluding carboxylic acids is 6. The number of hydrogen-bond donors (Lipinski definition) is 10. The standard InChI is InChI=1S/C44H74N10O9/c1-26(2)23-31(37(57)52-33(42(62)63)24-27(3)4)51-40(60)36(44(5,6)7)53-38(58)32(25-28-16-18-29(55)19-17-28)50-39(59)34-14-12-22-54(34)41(61)30(13-11-21-48-43(45)46)49-35(56)15-9-10-20-47-8/h16-19,26-27,30-34,36,47,55H,9-15,20-25H2,1-8H3,(H,49,56)(H,50,59)(H,51,60)(H,52,57)(H,53,58)(H,62,63)(H4,45,46,48)/t30-,31-,32-,33-,34-,36+/m0/s1. The first-order valence-electron chi connectivity index (χ1n) is 22.1. The van der Waals surface area contributed by atoms with Crippen molar-refractivity contribution in [3.63, 3.8) is 0 Å². The molecule has 0 radical (unpaired) electrons. The molecule has 19 nitrogen and oxygen atoms in total. The number of guanidine groups is 1. The summed E-state index contributed by atoms with van der Waals surface area (Å²) in [6.45, 7) is 13.7. The Kier molecular flexibility index (Phi) is 22.3. The maximum Gasteiger partial charge on any atom is 0.326 e. The van der Waals surface area contributed by atoms with E-state index in [1.54, 1.807) is 32.9 Å². The molecule has 0 spiro atoms. The molecule has 0 aliphatic carbocycles. The summed E-state index contributed by atoms with van der Waals surface area (Å²) in [7, 11) is 1.82. The number of carboxylic acids is 1. The summed E-state index contributed by atoms with van der Waals surface area (Å²) in [5, 5.41) is 36.5. The van der Waals surface area contributed by atoms with E-state index in [-0.39, 0.29) is 81.1 Å². The van der Waals surface area contributed by atoms with E-state index in [9.17, 15) is 43.8 Å². The van der Waals surface area contributed by atoms with Gasteiger partial charge in [-0.05, 0) is 99.9 Å². The zero-order valence-electron chi connectivity index (χ0n) is 38.4. The summed E-state index contributed by atoms with van der Waals surface area (Å²) in [5.41, 5.74) is 10.6. The van der Waals surface area contributed by atoms with Gasteiger partial charge in [-0.3, -0.25) is 33.8 Å². The van der Waals surface area contributed by atoms with Crippen LogP contribution in [-0.2, 0) is 40.0 Å². The molecule has 12 N–H and O–H groups in total. The Bertz CT molecular complexity index is 1710. The van der Waals surface area contributed by atoms with Gasteiger partial charge in [0.05, 0.1) is 0 Å². The first kappa shape index (κ1) is 53.7. The topological polar surface area (TPSA) is 300 Å². The monoisotopic (exact) mass is 887 g/mol. The molecule has 1 saturated heterocycles. The highest BCUT2D eigenvalue weighted by Gasteiger charge is 2.41. The number of phenolic OH excluding ortho intramolecular Hbond substituents is 1. The lowest BCUT2D eigenvalue weighted by Crippen LogP contribution is -2.62. The van der Waals surface area contributed by atoms with E-state index >= 15 is 0 Å². The number of carbonyl (C=O) groups is 7. The third-order valence-electron chi connectivity index (χ3n) is 10.6. The Labute approximate surface area is 372 Å². The van der Waals surface area contributed by atoms with Gasteiger partial charge in [0, 0.05) is 25.9 Å². The van der Waals surface area contributed by atoms with E-state index < -0.39 is 77.2 Å². The molecule has 6 amide bonds. The average Bonchev–Trinajstić information content (AvgIpc) is 3.69. The number of nitrogens with zero attached hydrogens (tertiary/aromatic N) is 2. The molecule has 1 aliphatic rings. The number of aromatic hydroxyl groups is 1. The number of nitrogens with one attached hydrogen (secondary N) is 6. The molecule has 2 rings (SSSR count). The minimum Gasteiger partial charge on any atom is -0.508 e. The summed E-state index contributed by atoms with van der Waals surface area (Å²) in [6, 6.07) is -0.679. The molecule has 0 unspecified atom stereocenters. The van der Waals surface area contributed by atoms with Gasteiger partial charge in [-0.1, -0.05) is 60.6 Å². The maximum absolute atomic E-state index is 14.4. The lowest BCUT2D eigenvalue weighted by atomic mass is 9.85. The number of likely N-dealkylation sites (tertiary alicyclic amines) is 1. The molecule has 0 saturated carbocycles. The highest BCUT2D eigenvalue weighted by atomic mass is 16.4. The largest absolute Gasteiger partial charge is 0.508 e. The van der Waals surface area contributed by atoms with Crippen molar-refractivity contribution in [1.29, 1.82) is 0 Å². The Hall–Kier alpha value is -5.46. The van der Waals surface area contributed by atoms with Gasteiger partial charge in [0.15, 0.2) is 5.96 Å². The second-order valence-electron chi connectivity index (χ2n) is 18.3. The third kappa shape index (κ3) is 19.2. The highest BCUT2D eigenvalue weighted by molar-refractivity contribution is 5.97. The van der Waals surface area contributed by atoms with Crippen LogP contribution in [0, 0.1) is 17.3 Å². The van der Waals surface area contributed by atoms with Crippen molar-refractivity contribution in [2.45, 2.75) is 149 Å². The number of rotatable bonds is 26. The fourth-order valence-corrected chi connectivity index (χ4v) is 7.30. The number of phenols is 1. The van der Waals surface area contributed by atoms with Crippen LogP contribution < -0.4 is 43.4 Å². The Morgan fingerprint density at radius 2 is 1.40 bits per heavy atom. The normalized spacial score (nSPS) is 16.3. The third-order valence-corrected chi connectivity index (χ3v) is 10.6. The number of hydrogen-bond acceptors (Lipinski definition) is 10. The van der Waals surface area contributed by atoms with Crippen LogP contribution in [0.25, 0.3) is 0 Å². The SMILES string of the molecule is CNCCCCC(=O)N[C@@H](CCCN=C(N)N)C(=O)N1CCC[C@H]1C(=O)N[C@@H](Cc1ccc(O)cc1)C(=O)N[C@H](C(=O)N[C@@H](CC(C)C)C(=O)N[C@@H](CC(C)C)C(=O)O)C(C)(C)C. The highest BCUT2D eigenvalue weighted by Crippen LogP contribution is 2.23. The molecule has 0 aromatic heterocycles. The molecule has 19 heteroatoms. The van der Waals surface area contributed by atoms with Crippen LogP contribution >= 0.6 is 0 Å². The van der Waals surface area contributed by atoms with Gasteiger partial charge in [-0.25, -0.2) is 4.79 Å². The summed E-state index contributed by atoms with van der Waals surface area (Å²) in [6.07, 6.45) is 3.25. The number of aliphatic carboxylic acids is 1. The first-order valence-corrected chi connectivity index (χ1v) is 22.1. The lowest BCUT2D eigenvalue weighted by Gasteiger charge is -2.34. The summed E-state index contributed by atoms with van der Waals surface area (Å²) >= 11 is 0. The maximum atomic E-state index is 14.4. The number of nitrogens with two attached hydrogens (primary N) is 2. The fraction of sp³-hybridized carbons (Fsp3) is 0.682. The van der Waals surface area contributed by atoms with Crippen LogP contribution in [0.2, 0.25) is 0 Å². The van der Waals surface area contributed by atoms with Crippen molar-refractivity contribution < 1.29 is 43.8 Å². The molecule has 6 atom stereocenters. The molecule has 1 heterocycles. The van der Waals surface area contributed by atoms with Gasteiger partial charge in [0.1, 0.15) is 42.0 Å². The fourth-order valence-electron chi connectivity index (χ4n) is 7.30. The van der Waals surface area contributed by atoms with Gasteiger partial charge in [-0.2, -0.15) is 0 Å². The summed E-state index contributed by atoms with van der Waals surface area (Å²) in [5.74, 6) is -4.87. The molecule has 1 aliphatic heterocycles. The molecular formula is C44H74N10O9. The van der Waals surface area contributed by atoms with Gasteiger partial charge in [0.25, 0.3) is 0 Å². The van der Waals surface area contributed by atoms with Crippen LogP contribution in [0.3, 0.4) is 0 Å². The second-order valence-corrected chi connectivity index (χ2v) is 18.3. The number of unbranched alkanes of at least 4 members (excludes halogenated alkanes) is 1. The molecular weight excluding hydrogens is 813 g/mol. The van der Waals surface area contributed by atoms with Gasteiger partial charge in [0.2, 0.25) is 35.4 Å². The van der Waals surface area contributed by atoms with Crippen molar-refractivity contribution >= 4 is 47.4 Å². The van der Waals surface area contributed by atoms with Crippen LogP contribution in [0.5, 0.6) is 5.75 Å². The van der Waals surface area contributed by atoms with Crippen molar-refractivity contribution in [2.75, 3.05) is 26.7 Å². The predicted octanol–water partition coefficient (Wildman–Crippen LogP) is 1.02. The first-order chi connectivity index (χ1) is 29.5. The average molecular weight is 887 g/mol. The summed E-state index contributed by atoms with van der Waals surface area (Å²) in [4.78, 5) is 101. The van der Waals surface area contributed by atoms with Gasteiger partial charge < -0.3 is 58.5 Å². The molecule has 354 valence electrons. The Balaban J connectivity index is 2.40. The van der Waals surface area contributed by atoms with Crippen LogP contribution in [0.4, 0.5) is 0 Å². The van der Waals surface area contributed by atoms with E-state index in [4.69, 9.17) is 11.5 Å². The van der Waals surface area contributed by atoms with Gasteiger partial charge in [-0.15, -0.1) is 0 Å². The molecule has 1 fully saturated rings. The van der Waals surface area contributed by atoms with Crippen LogP contribution in [-0.4, -0.2) is 125 Å². The zero-order chi connectivity index (χ0) is 47.4. The zero-order valence-corrected chi connectivity index (χ0v) is 38.4. The molecule has 0 bridgehead atoms. The van der Waals surface area contributed by atoms with Crippen molar-refractivity contribution in [3.8, 4) is 5.75 Å². The van der Waals surface area contributed by atoms with Gasteiger partial charge >= 0.3 is 5.97 Å². The smallest absolute Gasteiger partial charge is 0.326 e. The minimum absolute atomic E-state index is 0.00912. The van der Waals surface area contributed by atoms with E-state index in [0.29, 0.717) is 24.8 Å². The molecule has 1 aromatic rings. The van der Waals surface area contributed by atoms with Crippen LogP contribution in [0.15, 0.2) is 29.3 Å². The van der Waals surface area contributed by atoms with E-state index in [1.165, 1.54) is 17.0 Å².